The first-order valence-electron chi connectivity index (χ1n) is 6.54. The molecular formula is C13H19N3O3S2. The minimum Gasteiger partial charge on any atom is -0.331 e. The minimum absolute atomic E-state index is 0.0293. The van der Waals surface area contributed by atoms with Gasteiger partial charge in [0.05, 0.1) is 18.2 Å². The summed E-state index contributed by atoms with van der Waals surface area (Å²) in [5.74, 6) is 1.65. The average molecular weight is 329 g/mol. The van der Waals surface area contributed by atoms with E-state index >= 15 is 0 Å². The van der Waals surface area contributed by atoms with Crippen LogP contribution >= 0.6 is 11.8 Å². The number of sulfonamides is 1. The number of amides is 1. The molecule has 0 spiro atoms. The summed E-state index contributed by atoms with van der Waals surface area (Å²) in [6.45, 7) is 0.758. The second-order valence-corrected chi connectivity index (χ2v) is 7.84. The van der Waals surface area contributed by atoms with E-state index in [0.717, 1.165) is 24.1 Å². The number of thioether (sulfide) groups is 1. The number of carbonyl (C=O) groups excluding carboxylic acids is 1. The van der Waals surface area contributed by atoms with Gasteiger partial charge in [0, 0.05) is 18.0 Å². The number of hydrogen-bond acceptors (Lipinski definition) is 5. The number of nitrogens with two attached hydrogens (primary N) is 1. The Labute approximate surface area is 129 Å². The van der Waals surface area contributed by atoms with E-state index in [1.807, 2.05) is 0 Å². The Bertz CT molecular complexity index is 596. The van der Waals surface area contributed by atoms with Crippen molar-refractivity contribution in [3.05, 3.63) is 29.8 Å². The van der Waals surface area contributed by atoms with Gasteiger partial charge < -0.3 is 10.6 Å². The largest absolute Gasteiger partial charge is 0.331 e. The van der Waals surface area contributed by atoms with E-state index in [-0.39, 0.29) is 5.91 Å². The zero-order valence-corrected chi connectivity index (χ0v) is 13.4. The smallest absolute Gasteiger partial charge is 0.240 e. The molecule has 6 nitrogen and oxygen atoms in total. The number of rotatable bonds is 5. The van der Waals surface area contributed by atoms with Crippen molar-refractivity contribution in [1.29, 1.82) is 0 Å². The molecule has 1 saturated heterocycles. The van der Waals surface area contributed by atoms with Crippen molar-refractivity contribution in [2.24, 2.45) is 5.73 Å². The van der Waals surface area contributed by atoms with E-state index in [1.165, 1.54) is 0 Å². The van der Waals surface area contributed by atoms with Gasteiger partial charge in [-0.3, -0.25) is 9.52 Å². The first-order valence-corrected chi connectivity index (χ1v) is 9.58. The lowest BCUT2D eigenvalue weighted by molar-refractivity contribution is -0.131. The quantitative estimate of drug-likeness (QED) is 0.819. The fraction of sp³-hybridized carbons (Fsp3) is 0.462. The Kier molecular flexibility index (Phi) is 5.13. The Morgan fingerprint density at radius 1 is 1.43 bits per heavy atom. The van der Waals surface area contributed by atoms with Gasteiger partial charge in [0.25, 0.3) is 0 Å². The highest BCUT2D eigenvalue weighted by Gasteiger charge is 2.23. The summed E-state index contributed by atoms with van der Waals surface area (Å²) in [6, 6.07) is 6.33. The van der Waals surface area contributed by atoms with Crippen molar-refractivity contribution in [2.75, 3.05) is 29.2 Å². The molecule has 1 amide bonds. The molecule has 1 aromatic rings. The van der Waals surface area contributed by atoms with Gasteiger partial charge in [-0.2, -0.15) is 0 Å². The molecule has 1 aliphatic heterocycles. The first-order chi connectivity index (χ1) is 9.85. The fourth-order valence-electron chi connectivity index (χ4n) is 2.09. The van der Waals surface area contributed by atoms with Crippen LogP contribution in [0.15, 0.2) is 24.3 Å². The number of benzene rings is 1. The molecule has 116 valence electrons. The van der Waals surface area contributed by atoms with Crippen LogP contribution < -0.4 is 10.5 Å². The van der Waals surface area contributed by atoms with Gasteiger partial charge in [-0.15, -0.1) is 11.8 Å². The van der Waals surface area contributed by atoms with Gasteiger partial charge in [-0.25, -0.2) is 8.42 Å². The highest BCUT2D eigenvalue weighted by Crippen LogP contribution is 2.16. The second-order valence-electron chi connectivity index (χ2n) is 5.02. The van der Waals surface area contributed by atoms with Crippen LogP contribution in [0.1, 0.15) is 5.56 Å². The van der Waals surface area contributed by atoms with Crippen molar-refractivity contribution in [1.82, 2.24) is 4.90 Å². The van der Waals surface area contributed by atoms with Gasteiger partial charge in [0.2, 0.25) is 15.9 Å². The zero-order chi connectivity index (χ0) is 15.5. The maximum Gasteiger partial charge on any atom is 0.240 e. The molecule has 2 rings (SSSR count). The summed E-state index contributed by atoms with van der Waals surface area (Å²) in [7, 11) is -3.28. The summed E-state index contributed by atoms with van der Waals surface area (Å²) in [5, 5.41) is 0. The molecule has 1 heterocycles. The summed E-state index contributed by atoms with van der Waals surface area (Å²) in [6.07, 6.45) is 1.54. The summed E-state index contributed by atoms with van der Waals surface area (Å²) in [4.78, 5) is 13.9. The number of hydrogen-bond donors (Lipinski definition) is 2. The molecule has 0 aliphatic carbocycles. The molecule has 1 unspecified atom stereocenters. The predicted molar refractivity (Wildman–Crippen MR) is 85.6 cm³/mol. The standard InChI is InChI=1S/C13H19N3O3S2/c1-21(18,19)15-11-4-2-10(3-5-11)8-12(14)13(17)16-6-7-20-9-16/h2-5,12,15H,6-9,14H2,1H3. The number of nitrogens with one attached hydrogen (secondary N) is 1. The average Bonchev–Trinajstić information content (AvgIpc) is 2.92. The van der Waals surface area contributed by atoms with Crippen molar-refractivity contribution >= 4 is 33.4 Å². The maximum absolute atomic E-state index is 12.1. The molecule has 1 fully saturated rings. The van der Waals surface area contributed by atoms with Crippen LogP contribution in [0.25, 0.3) is 0 Å². The normalized spacial score (nSPS) is 16.8. The summed E-state index contributed by atoms with van der Waals surface area (Å²) >= 11 is 1.73. The van der Waals surface area contributed by atoms with Crippen LogP contribution in [0, 0.1) is 0 Å². The Hall–Kier alpha value is -1.25. The second kappa shape index (κ2) is 6.67. The highest BCUT2D eigenvalue weighted by molar-refractivity contribution is 7.99. The lowest BCUT2D eigenvalue weighted by Gasteiger charge is -2.19. The van der Waals surface area contributed by atoms with Crippen LogP contribution in [-0.4, -0.2) is 49.7 Å². The first kappa shape index (κ1) is 16.1. The summed E-state index contributed by atoms with van der Waals surface area (Å²) in [5.41, 5.74) is 7.36. The van der Waals surface area contributed by atoms with Crippen LogP contribution in [0.5, 0.6) is 0 Å². The van der Waals surface area contributed by atoms with Crippen molar-refractivity contribution in [3.63, 3.8) is 0 Å². The Balaban J connectivity index is 1.94. The molecule has 1 aliphatic rings. The topological polar surface area (TPSA) is 92.5 Å². The predicted octanol–water partition coefficient (Wildman–Crippen LogP) is 0.461. The molecule has 0 saturated carbocycles. The molecule has 3 N–H and O–H groups in total. The number of anilines is 1. The monoisotopic (exact) mass is 329 g/mol. The molecular weight excluding hydrogens is 310 g/mol. The lowest BCUT2D eigenvalue weighted by Crippen LogP contribution is -2.43. The Morgan fingerprint density at radius 2 is 2.10 bits per heavy atom. The van der Waals surface area contributed by atoms with Crippen molar-refractivity contribution < 1.29 is 13.2 Å². The van der Waals surface area contributed by atoms with E-state index in [2.05, 4.69) is 4.72 Å². The summed E-state index contributed by atoms with van der Waals surface area (Å²) < 4.78 is 24.6. The molecule has 0 aromatic heterocycles. The molecule has 1 aromatic carbocycles. The molecule has 8 heteroatoms. The number of nitrogens with zero attached hydrogens (tertiary/aromatic N) is 1. The highest BCUT2D eigenvalue weighted by atomic mass is 32.2. The van der Waals surface area contributed by atoms with Crippen LogP contribution in [0.4, 0.5) is 5.69 Å². The van der Waals surface area contributed by atoms with Gasteiger partial charge in [0.15, 0.2) is 0 Å². The molecule has 1 atom stereocenters. The SMILES string of the molecule is CS(=O)(=O)Nc1ccc(CC(N)C(=O)N2CCSC2)cc1. The third-order valence-corrected chi connectivity index (χ3v) is 4.67. The minimum atomic E-state index is -3.28. The van der Waals surface area contributed by atoms with Gasteiger partial charge in [-0.05, 0) is 24.1 Å². The molecule has 0 bridgehead atoms. The van der Waals surface area contributed by atoms with Gasteiger partial charge in [0.1, 0.15) is 0 Å². The lowest BCUT2D eigenvalue weighted by atomic mass is 10.1. The third kappa shape index (κ3) is 4.90. The van der Waals surface area contributed by atoms with Crippen LogP contribution in [-0.2, 0) is 21.2 Å². The third-order valence-electron chi connectivity index (χ3n) is 3.09. The molecule has 0 radical (unpaired) electrons. The molecule has 21 heavy (non-hydrogen) atoms. The van der Waals surface area contributed by atoms with E-state index in [4.69, 9.17) is 5.73 Å². The van der Waals surface area contributed by atoms with Crippen molar-refractivity contribution in [3.8, 4) is 0 Å². The van der Waals surface area contributed by atoms with Gasteiger partial charge in [-0.1, -0.05) is 12.1 Å². The van der Waals surface area contributed by atoms with E-state index in [0.29, 0.717) is 18.0 Å². The van der Waals surface area contributed by atoms with Crippen LogP contribution in [0.3, 0.4) is 0 Å². The fourth-order valence-corrected chi connectivity index (χ4v) is 3.61. The Morgan fingerprint density at radius 3 is 2.62 bits per heavy atom. The van der Waals surface area contributed by atoms with Crippen LogP contribution in [0.2, 0.25) is 0 Å². The maximum atomic E-state index is 12.1. The zero-order valence-electron chi connectivity index (χ0n) is 11.8. The van der Waals surface area contributed by atoms with E-state index < -0.39 is 16.1 Å². The number of carbonyl (C=O) groups is 1. The van der Waals surface area contributed by atoms with Crippen molar-refractivity contribution in [2.45, 2.75) is 12.5 Å². The van der Waals surface area contributed by atoms with Gasteiger partial charge >= 0.3 is 0 Å². The van der Waals surface area contributed by atoms with E-state index in [9.17, 15) is 13.2 Å². The van der Waals surface area contributed by atoms with E-state index in [1.54, 1.807) is 40.9 Å².